The van der Waals surface area contributed by atoms with Gasteiger partial charge in [-0.3, -0.25) is 9.59 Å². The molecule has 0 N–H and O–H groups in total. The molecule has 1 heterocycles. The highest BCUT2D eigenvalue weighted by Crippen LogP contribution is 2.16. The lowest BCUT2D eigenvalue weighted by Crippen LogP contribution is -2.58. The topological polar surface area (TPSA) is 40.6 Å². The third-order valence-corrected chi connectivity index (χ3v) is 4.60. The predicted molar refractivity (Wildman–Crippen MR) is 96.6 cm³/mol. The summed E-state index contributed by atoms with van der Waals surface area (Å²) in [7, 11) is 0. The van der Waals surface area contributed by atoms with Crippen molar-refractivity contribution in [1.29, 1.82) is 0 Å². The maximum absolute atomic E-state index is 12.4. The highest BCUT2D eigenvalue weighted by atomic mass is 16.2. The van der Waals surface area contributed by atoms with Crippen molar-refractivity contribution in [2.75, 3.05) is 19.6 Å². The summed E-state index contributed by atoms with van der Waals surface area (Å²) in [5.41, 5.74) is 1.32. The SMILES string of the molecule is CC(C)CN1CCN(C(=O)CCCCc2ccccc2)[C@H](C)C1=O. The zero-order valence-corrected chi connectivity index (χ0v) is 15.2. The maximum atomic E-state index is 12.4. The number of hydrogen-bond acceptors (Lipinski definition) is 2. The third kappa shape index (κ3) is 5.08. The summed E-state index contributed by atoms with van der Waals surface area (Å²) in [6.07, 6.45) is 3.42. The summed E-state index contributed by atoms with van der Waals surface area (Å²) in [5.74, 6) is 0.669. The van der Waals surface area contributed by atoms with Gasteiger partial charge in [0.15, 0.2) is 0 Å². The Kier molecular flexibility index (Phi) is 6.83. The number of amides is 2. The van der Waals surface area contributed by atoms with Gasteiger partial charge in [-0.05, 0) is 37.7 Å². The summed E-state index contributed by atoms with van der Waals surface area (Å²) in [4.78, 5) is 28.5. The van der Waals surface area contributed by atoms with Gasteiger partial charge >= 0.3 is 0 Å². The smallest absolute Gasteiger partial charge is 0.245 e. The summed E-state index contributed by atoms with van der Waals surface area (Å²) in [5, 5.41) is 0. The minimum Gasteiger partial charge on any atom is -0.339 e. The molecule has 1 aromatic carbocycles. The average molecular weight is 330 g/mol. The summed E-state index contributed by atoms with van der Waals surface area (Å²) in [6, 6.07) is 10.0. The maximum Gasteiger partial charge on any atom is 0.245 e. The molecule has 1 atom stereocenters. The van der Waals surface area contributed by atoms with Gasteiger partial charge in [0.25, 0.3) is 0 Å². The summed E-state index contributed by atoms with van der Waals surface area (Å²) < 4.78 is 0. The first-order chi connectivity index (χ1) is 11.5. The molecule has 0 unspecified atom stereocenters. The van der Waals surface area contributed by atoms with Crippen molar-refractivity contribution in [1.82, 2.24) is 9.80 Å². The van der Waals surface area contributed by atoms with Crippen molar-refractivity contribution in [3.63, 3.8) is 0 Å². The molecular weight excluding hydrogens is 300 g/mol. The first-order valence-corrected chi connectivity index (χ1v) is 9.11. The molecule has 1 aliphatic rings. The minimum atomic E-state index is -0.320. The zero-order chi connectivity index (χ0) is 17.5. The van der Waals surface area contributed by atoms with Crippen LogP contribution in [-0.2, 0) is 16.0 Å². The molecule has 132 valence electrons. The number of aryl methyl sites for hydroxylation is 1. The fourth-order valence-electron chi connectivity index (χ4n) is 3.29. The Morgan fingerprint density at radius 1 is 1.17 bits per heavy atom. The first-order valence-electron chi connectivity index (χ1n) is 9.11. The molecule has 1 fully saturated rings. The van der Waals surface area contributed by atoms with Gasteiger partial charge in [0.1, 0.15) is 6.04 Å². The van der Waals surface area contributed by atoms with E-state index in [0.29, 0.717) is 25.4 Å². The number of rotatable bonds is 7. The standard InChI is InChI=1S/C20H30N2O2/c1-16(2)15-21-13-14-22(17(3)20(21)24)19(23)12-8-7-11-18-9-5-4-6-10-18/h4-6,9-10,16-17H,7-8,11-15H2,1-3H3/t17-/m1/s1. The van der Waals surface area contributed by atoms with Gasteiger partial charge in [0.05, 0.1) is 0 Å². The van der Waals surface area contributed by atoms with E-state index in [1.807, 2.05) is 30.0 Å². The van der Waals surface area contributed by atoms with E-state index in [-0.39, 0.29) is 17.9 Å². The lowest BCUT2D eigenvalue weighted by molar-refractivity contribution is -0.151. The van der Waals surface area contributed by atoms with Gasteiger partial charge in [-0.2, -0.15) is 0 Å². The van der Waals surface area contributed by atoms with Crippen molar-refractivity contribution >= 4 is 11.8 Å². The molecule has 1 aromatic rings. The first kappa shape index (κ1) is 18.5. The van der Waals surface area contributed by atoms with Crippen LogP contribution in [0.3, 0.4) is 0 Å². The largest absolute Gasteiger partial charge is 0.339 e. The van der Waals surface area contributed by atoms with Gasteiger partial charge < -0.3 is 9.80 Å². The molecule has 1 aliphatic heterocycles. The molecule has 4 nitrogen and oxygen atoms in total. The fraction of sp³-hybridized carbons (Fsp3) is 0.600. The molecule has 4 heteroatoms. The van der Waals surface area contributed by atoms with E-state index in [4.69, 9.17) is 0 Å². The normalized spacial score (nSPS) is 18.3. The van der Waals surface area contributed by atoms with Crippen LogP contribution in [0.2, 0.25) is 0 Å². The van der Waals surface area contributed by atoms with E-state index in [1.165, 1.54) is 5.56 Å². The van der Waals surface area contributed by atoms with Crippen LogP contribution in [0.15, 0.2) is 30.3 Å². The number of hydrogen-bond donors (Lipinski definition) is 0. The van der Waals surface area contributed by atoms with Crippen molar-refractivity contribution in [2.24, 2.45) is 5.92 Å². The molecule has 1 saturated heterocycles. The molecule has 24 heavy (non-hydrogen) atoms. The van der Waals surface area contributed by atoms with Gasteiger partial charge in [0.2, 0.25) is 11.8 Å². The van der Waals surface area contributed by atoms with Gasteiger partial charge in [-0.25, -0.2) is 0 Å². The van der Waals surface area contributed by atoms with E-state index >= 15 is 0 Å². The van der Waals surface area contributed by atoms with Gasteiger partial charge in [0, 0.05) is 26.1 Å². The predicted octanol–water partition coefficient (Wildman–Crippen LogP) is 3.11. The lowest BCUT2D eigenvalue weighted by Gasteiger charge is -2.39. The van der Waals surface area contributed by atoms with E-state index in [2.05, 4.69) is 26.0 Å². The fourth-order valence-corrected chi connectivity index (χ4v) is 3.29. The molecular formula is C20H30N2O2. The Hall–Kier alpha value is -1.84. The second-order valence-electron chi connectivity index (χ2n) is 7.13. The molecule has 2 amide bonds. The molecule has 0 spiro atoms. The second kappa shape index (κ2) is 8.86. The van der Waals surface area contributed by atoms with E-state index in [9.17, 15) is 9.59 Å². The van der Waals surface area contributed by atoms with Crippen LogP contribution < -0.4 is 0 Å². The average Bonchev–Trinajstić information content (AvgIpc) is 2.56. The van der Waals surface area contributed by atoms with Crippen LogP contribution in [0, 0.1) is 5.92 Å². The van der Waals surface area contributed by atoms with Crippen LogP contribution in [0.1, 0.15) is 45.6 Å². The Balaban J connectivity index is 1.75. The monoisotopic (exact) mass is 330 g/mol. The second-order valence-corrected chi connectivity index (χ2v) is 7.13. The molecule has 0 bridgehead atoms. The van der Waals surface area contributed by atoms with Crippen molar-refractivity contribution < 1.29 is 9.59 Å². The minimum absolute atomic E-state index is 0.0904. The lowest BCUT2D eigenvalue weighted by atomic mass is 10.1. The Morgan fingerprint density at radius 3 is 2.54 bits per heavy atom. The van der Waals surface area contributed by atoms with Crippen molar-refractivity contribution in [3.05, 3.63) is 35.9 Å². The molecule has 2 rings (SSSR count). The van der Waals surface area contributed by atoms with Crippen LogP contribution in [0.25, 0.3) is 0 Å². The number of unbranched alkanes of at least 4 members (excludes halogenated alkanes) is 1. The van der Waals surface area contributed by atoms with Gasteiger partial charge in [-0.15, -0.1) is 0 Å². The molecule has 0 saturated carbocycles. The number of piperazine rings is 1. The van der Waals surface area contributed by atoms with Crippen LogP contribution >= 0.6 is 0 Å². The summed E-state index contributed by atoms with van der Waals surface area (Å²) in [6.45, 7) is 8.19. The third-order valence-electron chi connectivity index (χ3n) is 4.60. The van der Waals surface area contributed by atoms with Crippen molar-refractivity contribution in [2.45, 2.75) is 52.5 Å². The molecule has 0 aromatic heterocycles. The Morgan fingerprint density at radius 2 is 1.88 bits per heavy atom. The van der Waals surface area contributed by atoms with Crippen LogP contribution in [0.5, 0.6) is 0 Å². The van der Waals surface area contributed by atoms with Gasteiger partial charge in [-0.1, -0.05) is 44.2 Å². The summed E-state index contributed by atoms with van der Waals surface area (Å²) >= 11 is 0. The van der Waals surface area contributed by atoms with E-state index < -0.39 is 0 Å². The number of carbonyl (C=O) groups is 2. The van der Waals surface area contributed by atoms with Crippen LogP contribution in [0.4, 0.5) is 0 Å². The number of carbonyl (C=O) groups excluding carboxylic acids is 2. The highest BCUT2D eigenvalue weighted by Gasteiger charge is 2.33. The zero-order valence-electron chi connectivity index (χ0n) is 15.2. The quantitative estimate of drug-likeness (QED) is 0.721. The molecule has 0 aliphatic carbocycles. The van der Waals surface area contributed by atoms with E-state index in [0.717, 1.165) is 25.8 Å². The highest BCUT2D eigenvalue weighted by molar-refractivity contribution is 5.88. The molecule has 0 radical (unpaired) electrons. The number of benzene rings is 1. The van der Waals surface area contributed by atoms with Crippen molar-refractivity contribution in [3.8, 4) is 0 Å². The Bertz CT molecular complexity index is 542. The van der Waals surface area contributed by atoms with Crippen LogP contribution in [-0.4, -0.2) is 47.3 Å². The Labute approximate surface area is 145 Å². The number of nitrogens with zero attached hydrogens (tertiary/aromatic N) is 2. The van der Waals surface area contributed by atoms with E-state index in [1.54, 1.807) is 4.90 Å².